The number of aliphatic hydroxyl groups excluding tert-OH is 1. The summed E-state index contributed by atoms with van der Waals surface area (Å²) in [5, 5.41) is 21.7. The number of carbonyl (C=O) groups is 1. The first-order chi connectivity index (χ1) is 14.6. The van der Waals surface area contributed by atoms with Gasteiger partial charge in [0, 0.05) is 0 Å². The first-order valence-corrected chi connectivity index (χ1v) is 11.7. The molecular formula is C24H42BrN2O4-. The fourth-order valence-corrected chi connectivity index (χ4v) is 4.12. The van der Waals surface area contributed by atoms with Gasteiger partial charge in [0.25, 0.3) is 0 Å². The largest absolute Gasteiger partial charge is 1.00 e. The number of likely N-dealkylation sites (tertiary alicyclic amines) is 1. The molecule has 1 fully saturated rings. The lowest BCUT2D eigenvalue weighted by atomic mass is 10.1. The number of ether oxygens (including phenoxy) is 1. The van der Waals surface area contributed by atoms with Crippen molar-refractivity contribution in [1.29, 1.82) is 0 Å². The van der Waals surface area contributed by atoms with Gasteiger partial charge in [-0.05, 0) is 44.2 Å². The minimum absolute atomic E-state index is 0. The van der Waals surface area contributed by atoms with E-state index in [0.717, 1.165) is 19.4 Å². The molecule has 1 aliphatic rings. The van der Waals surface area contributed by atoms with Crippen molar-refractivity contribution in [3.8, 4) is 5.75 Å². The number of para-hydroxylation sites is 2. The van der Waals surface area contributed by atoms with E-state index in [9.17, 15) is 9.90 Å². The maximum absolute atomic E-state index is 10.5. The summed E-state index contributed by atoms with van der Waals surface area (Å²) in [6.07, 6.45) is 9.87. The second-order valence-electron chi connectivity index (χ2n) is 8.19. The average Bonchev–Trinajstić information content (AvgIpc) is 2.73. The van der Waals surface area contributed by atoms with Crippen molar-refractivity contribution >= 4 is 11.8 Å². The quantitative estimate of drug-likeness (QED) is 0.332. The molecule has 0 atom stereocenters. The maximum atomic E-state index is 10.5. The molecule has 180 valence electrons. The van der Waals surface area contributed by atoms with Gasteiger partial charge in [-0.3, -0.25) is 0 Å². The molecule has 31 heavy (non-hydrogen) atoms. The number of unbranched alkanes of at least 4 members (excludes halogenated alkanes) is 4. The Kier molecular flexibility index (Phi) is 17.5. The number of carbonyl (C=O) groups excluding carboxylic acids is 1. The molecule has 1 saturated heterocycles. The highest BCUT2D eigenvalue weighted by Gasteiger charge is 2.27. The number of nitrogens with zero attached hydrogens (tertiary/aromatic N) is 1. The summed E-state index contributed by atoms with van der Waals surface area (Å²) in [6, 6.07) is 6.96. The molecule has 6 nitrogen and oxygen atoms in total. The monoisotopic (exact) mass is 501 g/mol. The molecule has 1 aromatic carbocycles. The van der Waals surface area contributed by atoms with Gasteiger partial charge in [0.05, 0.1) is 38.5 Å². The highest BCUT2D eigenvalue weighted by molar-refractivity contribution is 5.83. The number of anilines is 1. The zero-order valence-corrected chi connectivity index (χ0v) is 21.0. The summed E-state index contributed by atoms with van der Waals surface area (Å²) in [5.74, 6) is 0.553. The molecule has 0 aliphatic carbocycles. The number of quaternary nitrogens is 1. The van der Waals surface area contributed by atoms with Crippen molar-refractivity contribution in [3.63, 3.8) is 0 Å². The predicted octanol–water partition coefficient (Wildman–Crippen LogP) is 1.18. The van der Waals surface area contributed by atoms with Gasteiger partial charge in [-0.1, -0.05) is 51.7 Å². The van der Waals surface area contributed by atoms with Crippen LogP contribution in [0.15, 0.2) is 24.3 Å². The maximum Gasteiger partial charge on any atom is 0.142 e. The molecule has 2 N–H and O–H groups in total. The Bertz CT molecular complexity index is 565. The Labute approximate surface area is 199 Å². The molecular weight excluding hydrogens is 460 g/mol. The van der Waals surface area contributed by atoms with E-state index in [4.69, 9.17) is 9.84 Å². The Morgan fingerprint density at radius 2 is 1.71 bits per heavy atom. The van der Waals surface area contributed by atoms with Crippen LogP contribution in [-0.2, 0) is 0 Å². The van der Waals surface area contributed by atoms with E-state index in [0.29, 0.717) is 24.7 Å². The van der Waals surface area contributed by atoms with Gasteiger partial charge in [-0.25, -0.2) is 0 Å². The van der Waals surface area contributed by atoms with Crippen molar-refractivity contribution in [3.05, 3.63) is 24.3 Å². The summed E-state index contributed by atoms with van der Waals surface area (Å²) in [4.78, 5) is 10.5. The second-order valence-corrected chi connectivity index (χ2v) is 8.19. The minimum atomic E-state index is -1.33. The minimum Gasteiger partial charge on any atom is -1.00 e. The van der Waals surface area contributed by atoms with E-state index >= 15 is 0 Å². The first-order valence-electron chi connectivity index (χ1n) is 11.7. The van der Waals surface area contributed by atoms with Crippen LogP contribution in [0.2, 0.25) is 0 Å². The molecule has 0 saturated carbocycles. The van der Waals surface area contributed by atoms with Gasteiger partial charge in [0.1, 0.15) is 18.4 Å². The molecule has 1 aliphatic heterocycles. The van der Waals surface area contributed by atoms with Gasteiger partial charge < -0.3 is 46.5 Å². The third-order valence-corrected chi connectivity index (χ3v) is 5.67. The number of benzene rings is 1. The van der Waals surface area contributed by atoms with E-state index < -0.39 is 6.09 Å². The number of nitrogens with one attached hydrogen (secondary N) is 1. The van der Waals surface area contributed by atoms with Gasteiger partial charge >= 0.3 is 0 Å². The molecule has 1 amide bonds. The van der Waals surface area contributed by atoms with Crippen LogP contribution in [0.4, 0.5) is 10.5 Å². The van der Waals surface area contributed by atoms with E-state index in [1.165, 1.54) is 69.1 Å². The average molecular weight is 503 g/mol. The molecule has 0 bridgehead atoms. The molecule has 2 rings (SSSR count). The topological polar surface area (TPSA) is 81.6 Å². The highest BCUT2D eigenvalue weighted by Crippen LogP contribution is 2.23. The third kappa shape index (κ3) is 13.0. The van der Waals surface area contributed by atoms with E-state index in [1.807, 2.05) is 6.07 Å². The zero-order valence-electron chi connectivity index (χ0n) is 19.4. The van der Waals surface area contributed by atoms with Crippen molar-refractivity contribution < 1.29 is 41.2 Å². The first kappa shape index (κ1) is 29.7. The summed E-state index contributed by atoms with van der Waals surface area (Å²) in [7, 11) is 0. The highest BCUT2D eigenvalue weighted by atomic mass is 79.9. The number of rotatable bonds is 12. The summed E-state index contributed by atoms with van der Waals surface area (Å²) in [6.45, 7) is 10.2. The smallest absolute Gasteiger partial charge is 0.142 e. The molecule has 1 aromatic rings. The van der Waals surface area contributed by atoms with Crippen LogP contribution in [-0.4, -0.2) is 55.1 Å². The number of hydrogen-bond donors (Lipinski definition) is 2. The summed E-state index contributed by atoms with van der Waals surface area (Å²) in [5.41, 5.74) is 0.436. The van der Waals surface area contributed by atoms with Gasteiger partial charge in [-0.15, -0.1) is 0 Å². The van der Waals surface area contributed by atoms with E-state index in [1.54, 1.807) is 18.2 Å². The Morgan fingerprint density at radius 1 is 1.03 bits per heavy atom. The lowest BCUT2D eigenvalue weighted by Crippen LogP contribution is -3.00. The number of amides is 1. The van der Waals surface area contributed by atoms with E-state index in [-0.39, 0.29) is 17.0 Å². The standard InChI is InChI=1S/C14H21NO3.C10H22NO.BrH/c1-2-3-4-5-8-11-18-13-10-7-6-9-12(13)15-14(16)17;1-2-6-11(9-10-12)7-4-3-5-8-11;/h6-7,9-10,15H,2-5,8,11H2,1H3,(H,16,17);12H,2-10H2,1H3;1H/q;+1;/p-2. The van der Waals surface area contributed by atoms with Gasteiger partial charge in [0.15, 0.2) is 0 Å². The van der Waals surface area contributed by atoms with E-state index in [2.05, 4.69) is 19.2 Å². The van der Waals surface area contributed by atoms with Crippen molar-refractivity contribution in [2.45, 2.75) is 71.6 Å². The van der Waals surface area contributed by atoms with Crippen molar-refractivity contribution in [2.24, 2.45) is 0 Å². The third-order valence-electron chi connectivity index (χ3n) is 5.67. The van der Waals surface area contributed by atoms with Crippen molar-refractivity contribution in [1.82, 2.24) is 0 Å². The molecule has 0 spiro atoms. The SMILES string of the molecule is CCCCCCCOc1ccccc1NC(=O)[O-].CCC[N+]1(CCO)CCCCC1.[Br-]. The van der Waals surface area contributed by atoms with Crippen LogP contribution in [0, 0.1) is 0 Å². The lowest BCUT2D eigenvalue weighted by Gasteiger charge is -2.41. The fraction of sp³-hybridized carbons (Fsp3) is 0.708. The molecule has 0 aromatic heterocycles. The number of carboxylic acid groups (broad SMARTS) is 1. The van der Waals surface area contributed by atoms with Crippen LogP contribution in [0.3, 0.4) is 0 Å². The molecule has 0 radical (unpaired) electrons. The van der Waals surface area contributed by atoms with Crippen LogP contribution >= 0.6 is 0 Å². The lowest BCUT2D eigenvalue weighted by molar-refractivity contribution is -0.932. The number of piperidine rings is 1. The zero-order chi connectivity index (χ0) is 22.1. The van der Waals surface area contributed by atoms with Crippen molar-refractivity contribution in [2.75, 3.05) is 44.7 Å². The van der Waals surface area contributed by atoms with Crippen LogP contribution in [0.1, 0.15) is 71.6 Å². The van der Waals surface area contributed by atoms with Gasteiger partial charge in [-0.2, -0.15) is 0 Å². The van der Waals surface area contributed by atoms with Crippen LogP contribution in [0.5, 0.6) is 5.75 Å². The van der Waals surface area contributed by atoms with Gasteiger partial charge in [0.2, 0.25) is 0 Å². The molecule has 0 unspecified atom stereocenters. The fourth-order valence-electron chi connectivity index (χ4n) is 4.12. The Hall–Kier alpha value is -1.31. The number of halogens is 1. The second kappa shape index (κ2) is 18.3. The number of hydrogen-bond acceptors (Lipinski definition) is 4. The normalized spacial score (nSPS) is 14.5. The number of aliphatic hydroxyl groups is 1. The summed E-state index contributed by atoms with van der Waals surface area (Å²) >= 11 is 0. The predicted molar refractivity (Wildman–Crippen MR) is 121 cm³/mol. The Morgan fingerprint density at radius 3 is 2.32 bits per heavy atom. The molecule has 1 heterocycles. The van der Waals surface area contributed by atoms with Crippen LogP contribution < -0.4 is 32.1 Å². The summed E-state index contributed by atoms with van der Waals surface area (Å²) < 4.78 is 6.75. The van der Waals surface area contributed by atoms with Crippen LogP contribution in [0.25, 0.3) is 0 Å². The molecule has 7 heteroatoms. The Balaban J connectivity index is 0.000000605.